The van der Waals surface area contributed by atoms with Crippen molar-refractivity contribution in [2.75, 3.05) is 31.1 Å². The minimum atomic E-state index is 0.131. The Hall–Kier alpha value is -1.55. The largest absolute Gasteiger partial charge is 0.490 e. The van der Waals surface area contributed by atoms with Crippen molar-refractivity contribution < 1.29 is 9.53 Å². The fraction of sp³-hybridized carbons (Fsp3) is 0.500. The van der Waals surface area contributed by atoms with Crippen LogP contribution >= 0.6 is 0 Å². The van der Waals surface area contributed by atoms with E-state index in [0.29, 0.717) is 19.7 Å². The molecular weight excluding hydrogens is 228 g/mol. The zero-order valence-corrected chi connectivity index (χ0v) is 10.4. The summed E-state index contributed by atoms with van der Waals surface area (Å²) in [5.41, 5.74) is 0.891. The number of amides is 1. The molecule has 1 amide bonds. The van der Waals surface area contributed by atoms with Gasteiger partial charge in [0, 0.05) is 0 Å². The maximum atomic E-state index is 12.2. The van der Waals surface area contributed by atoms with Crippen molar-refractivity contribution in [1.82, 2.24) is 5.32 Å². The molecule has 0 radical (unpaired) electrons. The van der Waals surface area contributed by atoms with Crippen LogP contribution in [-0.4, -0.2) is 32.1 Å². The number of hydrogen-bond acceptors (Lipinski definition) is 3. The van der Waals surface area contributed by atoms with Crippen LogP contribution in [0.5, 0.6) is 5.75 Å². The lowest BCUT2D eigenvalue weighted by molar-refractivity contribution is -0.118. The Bertz CT molecular complexity index is 443. The van der Waals surface area contributed by atoms with E-state index in [1.165, 1.54) is 12.8 Å². The molecule has 0 bridgehead atoms. The Morgan fingerprint density at radius 2 is 2.22 bits per heavy atom. The average Bonchev–Trinajstić information content (AvgIpc) is 3.22. The molecule has 0 unspecified atom stereocenters. The second-order valence-electron chi connectivity index (χ2n) is 4.94. The van der Waals surface area contributed by atoms with Crippen molar-refractivity contribution in [2.24, 2.45) is 5.92 Å². The third-order valence-electron chi connectivity index (χ3n) is 3.44. The molecule has 1 aliphatic heterocycles. The summed E-state index contributed by atoms with van der Waals surface area (Å²) < 4.78 is 5.54. The van der Waals surface area contributed by atoms with Gasteiger partial charge in [0.1, 0.15) is 12.4 Å². The van der Waals surface area contributed by atoms with E-state index in [2.05, 4.69) is 5.32 Å². The van der Waals surface area contributed by atoms with Crippen LogP contribution in [-0.2, 0) is 4.79 Å². The van der Waals surface area contributed by atoms with Gasteiger partial charge in [0.15, 0.2) is 0 Å². The zero-order valence-electron chi connectivity index (χ0n) is 10.4. The number of anilines is 1. The number of nitrogens with zero attached hydrogens (tertiary/aromatic N) is 1. The first-order chi connectivity index (χ1) is 8.84. The Balaban J connectivity index is 1.62. The van der Waals surface area contributed by atoms with Gasteiger partial charge in [-0.05, 0) is 37.4 Å². The number of fused-ring (bicyclic) bond motifs is 1. The zero-order chi connectivity index (χ0) is 12.4. The molecule has 4 nitrogen and oxygen atoms in total. The lowest BCUT2D eigenvalue weighted by Crippen LogP contribution is -2.43. The quantitative estimate of drug-likeness (QED) is 0.873. The molecule has 1 aliphatic carbocycles. The maximum absolute atomic E-state index is 12.2. The fourth-order valence-electron chi connectivity index (χ4n) is 2.23. The highest BCUT2D eigenvalue weighted by atomic mass is 16.5. The van der Waals surface area contributed by atoms with Crippen LogP contribution < -0.4 is 15.0 Å². The topological polar surface area (TPSA) is 41.6 Å². The van der Waals surface area contributed by atoms with E-state index in [9.17, 15) is 4.79 Å². The predicted molar refractivity (Wildman–Crippen MR) is 69.9 cm³/mol. The highest BCUT2D eigenvalue weighted by Gasteiger charge is 2.24. The molecule has 1 heterocycles. The summed E-state index contributed by atoms with van der Waals surface area (Å²) in [6.45, 7) is 2.61. The van der Waals surface area contributed by atoms with Gasteiger partial charge in [0.05, 0.1) is 18.8 Å². The lowest BCUT2D eigenvalue weighted by Gasteiger charge is -2.29. The third kappa shape index (κ3) is 2.48. The molecule has 0 aromatic heterocycles. The Morgan fingerprint density at radius 3 is 3.06 bits per heavy atom. The van der Waals surface area contributed by atoms with Gasteiger partial charge in [-0.1, -0.05) is 12.1 Å². The van der Waals surface area contributed by atoms with Gasteiger partial charge in [0.25, 0.3) is 0 Å². The minimum Gasteiger partial charge on any atom is -0.490 e. The van der Waals surface area contributed by atoms with Gasteiger partial charge in [-0.2, -0.15) is 0 Å². The standard InChI is InChI=1S/C14H18N2O2/c17-14(10-15-9-11-5-6-11)16-7-8-18-13-4-2-1-3-12(13)16/h1-4,11,15H,5-10H2. The van der Waals surface area contributed by atoms with Crippen LogP contribution in [0, 0.1) is 5.92 Å². The van der Waals surface area contributed by atoms with Gasteiger partial charge in [0.2, 0.25) is 5.91 Å². The molecule has 1 N–H and O–H groups in total. The second-order valence-corrected chi connectivity index (χ2v) is 4.94. The molecule has 3 rings (SSSR count). The van der Waals surface area contributed by atoms with E-state index in [-0.39, 0.29) is 5.91 Å². The number of carbonyl (C=O) groups excluding carboxylic acids is 1. The Morgan fingerprint density at radius 1 is 1.39 bits per heavy atom. The molecule has 96 valence electrons. The second kappa shape index (κ2) is 4.98. The summed E-state index contributed by atoms with van der Waals surface area (Å²) in [5, 5.41) is 3.24. The van der Waals surface area contributed by atoms with Crippen LogP contribution in [0.25, 0.3) is 0 Å². The first kappa shape index (κ1) is 11.5. The summed E-state index contributed by atoms with van der Waals surface area (Å²) >= 11 is 0. The monoisotopic (exact) mass is 246 g/mol. The summed E-state index contributed by atoms with van der Waals surface area (Å²) in [6.07, 6.45) is 2.61. The molecule has 1 aromatic carbocycles. The number of para-hydroxylation sites is 2. The van der Waals surface area contributed by atoms with E-state index in [0.717, 1.165) is 23.9 Å². The molecule has 0 spiro atoms. The van der Waals surface area contributed by atoms with E-state index < -0.39 is 0 Å². The van der Waals surface area contributed by atoms with Crippen LogP contribution in [0.4, 0.5) is 5.69 Å². The highest BCUT2D eigenvalue weighted by molar-refractivity contribution is 5.96. The van der Waals surface area contributed by atoms with Crippen LogP contribution in [0.2, 0.25) is 0 Å². The van der Waals surface area contributed by atoms with Crippen molar-refractivity contribution in [1.29, 1.82) is 0 Å². The number of benzene rings is 1. The molecular formula is C14H18N2O2. The van der Waals surface area contributed by atoms with E-state index in [1.807, 2.05) is 29.2 Å². The van der Waals surface area contributed by atoms with Crippen molar-refractivity contribution >= 4 is 11.6 Å². The average molecular weight is 246 g/mol. The number of hydrogen-bond donors (Lipinski definition) is 1. The van der Waals surface area contributed by atoms with Crippen molar-refractivity contribution in [3.05, 3.63) is 24.3 Å². The predicted octanol–water partition coefficient (Wildman–Crippen LogP) is 1.41. The minimum absolute atomic E-state index is 0.131. The summed E-state index contributed by atoms with van der Waals surface area (Å²) in [7, 11) is 0. The van der Waals surface area contributed by atoms with E-state index in [1.54, 1.807) is 0 Å². The SMILES string of the molecule is O=C(CNCC1CC1)N1CCOc2ccccc21. The summed E-state index contributed by atoms with van der Waals surface area (Å²) in [6, 6.07) is 7.71. The van der Waals surface area contributed by atoms with Crippen molar-refractivity contribution in [3.8, 4) is 5.75 Å². The van der Waals surface area contributed by atoms with Crippen LogP contribution in [0.3, 0.4) is 0 Å². The van der Waals surface area contributed by atoms with Gasteiger partial charge < -0.3 is 15.0 Å². The number of carbonyl (C=O) groups is 1. The number of ether oxygens (including phenoxy) is 1. The van der Waals surface area contributed by atoms with Gasteiger partial charge >= 0.3 is 0 Å². The molecule has 1 aromatic rings. The Labute approximate surface area is 107 Å². The van der Waals surface area contributed by atoms with Crippen LogP contribution in [0.15, 0.2) is 24.3 Å². The summed E-state index contributed by atoms with van der Waals surface area (Å²) in [5.74, 6) is 1.74. The van der Waals surface area contributed by atoms with Crippen molar-refractivity contribution in [2.45, 2.75) is 12.8 Å². The van der Waals surface area contributed by atoms with Gasteiger partial charge in [-0.15, -0.1) is 0 Å². The molecule has 4 heteroatoms. The smallest absolute Gasteiger partial charge is 0.241 e. The summed E-state index contributed by atoms with van der Waals surface area (Å²) in [4.78, 5) is 14.0. The van der Waals surface area contributed by atoms with Crippen LogP contribution in [0.1, 0.15) is 12.8 Å². The first-order valence-corrected chi connectivity index (χ1v) is 6.57. The van der Waals surface area contributed by atoms with E-state index >= 15 is 0 Å². The fourth-order valence-corrected chi connectivity index (χ4v) is 2.23. The molecule has 1 fully saturated rings. The van der Waals surface area contributed by atoms with Gasteiger partial charge in [-0.25, -0.2) is 0 Å². The molecule has 2 aliphatic rings. The Kier molecular flexibility index (Phi) is 3.19. The van der Waals surface area contributed by atoms with Gasteiger partial charge in [-0.3, -0.25) is 4.79 Å². The first-order valence-electron chi connectivity index (χ1n) is 6.57. The lowest BCUT2D eigenvalue weighted by atomic mass is 10.2. The molecule has 0 saturated heterocycles. The molecule has 0 atom stereocenters. The van der Waals surface area contributed by atoms with E-state index in [4.69, 9.17) is 4.74 Å². The number of nitrogens with one attached hydrogen (secondary N) is 1. The molecule has 18 heavy (non-hydrogen) atoms. The normalized spacial score (nSPS) is 18.1. The maximum Gasteiger partial charge on any atom is 0.241 e. The third-order valence-corrected chi connectivity index (χ3v) is 3.44. The van der Waals surface area contributed by atoms with Crippen molar-refractivity contribution in [3.63, 3.8) is 0 Å². The highest BCUT2D eigenvalue weighted by Crippen LogP contribution is 2.31. The molecule has 1 saturated carbocycles. The number of rotatable bonds is 4.